The Morgan fingerprint density at radius 1 is 1.08 bits per heavy atom. The van der Waals surface area contributed by atoms with Gasteiger partial charge in [0.15, 0.2) is 0 Å². The summed E-state index contributed by atoms with van der Waals surface area (Å²) < 4.78 is 14.0. The maximum atomic E-state index is 14.0. The maximum absolute atomic E-state index is 14.0. The lowest BCUT2D eigenvalue weighted by Gasteiger charge is -2.39. The average Bonchev–Trinajstić information content (AvgIpc) is 2.62. The predicted octanol–water partition coefficient (Wildman–Crippen LogP) is 3.38. The quantitative estimate of drug-likeness (QED) is 0.874. The van der Waals surface area contributed by atoms with Gasteiger partial charge in [-0.3, -0.25) is 9.69 Å². The Bertz CT molecular complexity index is 700. The Hall–Kier alpha value is -2.40. The zero-order valence-corrected chi connectivity index (χ0v) is 14.1. The fraction of sp³-hybridized carbons (Fsp3) is 0.350. The van der Waals surface area contributed by atoms with Gasteiger partial charge in [-0.15, -0.1) is 0 Å². The van der Waals surface area contributed by atoms with Gasteiger partial charge in [-0.1, -0.05) is 42.5 Å². The summed E-state index contributed by atoms with van der Waals surface area (Å²) in [5, 5.41) is 9.26. The molecule has 1 heterocycles. The summed E-state index contributed by atoms with van der Waals surface area (Å²) >= 11 is 0. The van der Waals surface area contributed by atoms with Gasteiger partial charge in [0.05, 0.1) is 12.2 Å². The number of halogens is 1. The number of hydrogen-bond acceptors (Lipinski definition) is 3. The van der Waals surface area contributed by atoms with Crippen LogP contribution in [0.25, 0.3) is 0 Å². The number of benzene rings is 2. The van der Waals surface area contributed by atoms with Gasteiger partial charge in [-0.2, -0.15) is 0 Å². The van der Waals surface area contributed by atoms with Crippen molar-refractivity contribution in [1.82, 2.24) is 4.90 Å². The molecule has 0 unspecified atom stereocenters. The molecule has 25 heavy (non-hydrogen) atoms. The molecule has 1 fully saturated rings. The molecule has 1 N–H and O–H groups in total. The monoisotopic (exact) mass is 342 g/mol. The van der Waals surface area contributed by atoms with Crippen LogP contribution in [0.15, 0.2) is 54.6 Å². The van der Waals surface area contributed by atoms with E-state index >= 15 is 0 Å². The minimum atomic E-state index is -0.813. The minimum absolute atomic E-state index is 0.0270. The Morgan fingerprint density at radius 3 is 2.36 bits per heavy atom. The molecular weight excluding hydrogens is 319 g/mol. The molecule has 0 atom stereocenters. The third kappa shape index (κ3) is 4.57. The van der Waals surface area contributed by atoms with E-state index in [0.717, 1.165) is 31.5 Å². The van der Waals surface area contributed by atoms with E-state index in [1.54, 1.807) is 12.1 Å². The number of rotatable bonds is 6. The van der Waals surface area contributed by atoms with Crippen molar-refractivity contribution >= 4 is 11.7 Å². The molecule has 1 aliphatic heterocycles. The SMILES string of the molecule is O=C(O)CN(Cc1ccccc1)C1CCN(c2ccccc2F)CC1. The van der Waals surface area contributed by atoms with Crippen molar-refractivity contribution in [3.63, 3.8) is 0 Å². The first-order valence-electron chi connectivity index (χ1n) is 8.63. The van der Waals surface area contributed by atoms with Gasteiger partial charge in [0.1, 0.15) is 5.82 Å². The first-order valence-corrected chi connectivity index (χ1v) is 8.63. The number of anilines is 1. The first kappa shape index (κ1) is 17.4. The molecule has 0 spiro atoms. The highest BCUT2D eigenvalue weighted by molar-refractivity contribution is 5.69. The van der Waals surface area contributed by atoms with Gasteiger partial charge >= 0.3 is 5.97 Å². The number of hydrogen-bond donors (Lipinski definition) is 1. The molecule has 2 aromatic carbocycles. The van der Waals surface area contributed by atoms with Crippen LogP contribution in [0.1, 0.15) is 18.4 Å². The number of piperidine rings is 1. The van der Waals surface area contributed by atoms with Crippen LogP contribution in [0.4, 0.5) is 10.1 Å². The number of nitrogens with zero attached hydrogens (tertiary/aromatic N) is 2. The van der Waals surface area contributed by atoms with Crippen LogP contribution < -0.4 is 4.90 Å². The number of carbonyl (C=O) groups is 1. The van der Waals surface area contributed by atoms with E-state index in [1.165, 1.54) is 6.07 Å². The molecule has 0 bridgehead atoms. The fourth-order valence-corrected chi connectivity index (χ4v) is 3.49. The highest BCUT2D eigenvalue weighted by atomic mass is 19.1. The predicted molar refractivity (Wildman–Crippen MR) is 96.1 cm³/mol. The third-order valence-corrected chi connectivity index (χ3v) is 4.74. The van der Waals surface area contributed by atoms with Crippen molar-refractivity contribution in [3.8, 4) is 0 Å². The third-order valence-electron chi connectivity index (χ3n) is 4.74. The molecule has 0 amide bonds. The molecule has 0 aromatic heterocycles. The van der Waals surface area contributed by atoms with Gasteiger partial charge < -0.3 is 10.0 Å². The molecule has 0 radical (unpaired) electrons. The van der Waals surface area contributed by atoms with Crippen LogP contribution in [-0.4, -0.2) is 41.7 Å². The summed E-state index contributed by atoms with van der Waals surface area (Å²) in [6.07, 6.45) is 1.66. The topological polar surface area (TPSA) is 43.8 Å². The molecule has 132 valence electrons. The molecule has 1 saturated heterocycles. The van der Waals surface area contributed by atoms with Crippen molar-refractivity contribution < 1.29 is 14.3 Å². The highest BCUT2D eigenvalue weighted by Crippen LogP contribution is 2.25. The normalized spacial score (nSPS) is 15.5. The van der Waals surface area contributed by atoms with Crippen molar-refractivity contribution in [2.24, 2.45) is 0 Å². The lowest BCUT2D eigenvalue weighted by atomic mass is 10.0. The molecule has 0 aliphatic carbocycles. The number of carboxylic acid groups (broad SMARTS) is 1. The molecule has 0 saturated carbocycles. The minimum Gasteiger partial charge on any atom is -0.480 e. The second-order valence-electron chi connectivity index (χ2n) is 6.45. The molecule has 1 aliphatic rings. The lowest BCUT2D eigenvalue weighted by molar-refractivity contribution is -0.139. The van der Waals surface area contributed by atoms with Crippen LogP contribution >= 0.6 is 0 Å². The largest absolute Gasteiger partial charge is 0.480 e. The van der Waals surface area contributed by atoms with Crippen LogP contribution in [0.2, 0.25) is 0 Å². The number of aliphatic carboxylic acids is 1. The van der Waals surface area contributed by atoms with Crippen molar-refractivity contribution in [3.05, 3.63) is 66.0 Å². The van der Waals surface area contributed by atoms with Crippen molar-refractivity contribution in [2.45, 2.75) is 25.4 Å². The summed E-state index contributed by atoms with van der Waals surface area (Å²) in [6, 6.07) is 16.9. The van der Waals surface area contributed by atoms with Gasteiger partial charge in [0.25, 0.3) is 0 Å². The Kier molecular flexibility index (Phi) is 5.66. The van der Waals surface area contributed by atoms with Gasteiger partial charge in [0.2, 0.25) is 0 Å². The van der Waals surface area contributed by atoms with E-state index < -0.39 is 5.97 Å². The van der Waals surface area contributed by atoms with E-state index in [1.807, 2.05) is 46.2 Å². The van der Waals surface area contributed by atoms with E-state index in [0.29, 0.717) is 12.2 Å². The van der Waals surface area contributed by atoms with Crippen LogP contribution in [0.5, 0.6) is 0 Å². The summed E-state index contributed by atoms with van der Waals surface area (Å²) in [5.41, 5.74) is 1.74. The zero-order chi connectivity index (χ0) is 17.6. The number of carboxylic acids is 1. The molecule has 4 nitrogen and oxygen atoms in total. The average molecular weight is 342 g/mol. The Balaban J connectivity index is 1.65. The molecule has 2 aromatic rings. The zero-order valence-electron chi connectivity index (χ0n) is 14.1. The lowest BCUT2D eigenvalue weighted by Crippen LogP contribution is -2.46. The second-order valence-corrected chi connectivity index (χ2v) is 6.45. The van der Waals surface area contributed by atoms with Crippen LogP contribution in [0, 0.1) is 5.82 Å². The summed E-state index contributed by atoms with van der Waals surface area (Å²) in [5.74, 6) is -1.01. The van der Waals surface area contributed by atoms with E-state index in [2.05, 4.69) is 0 Å². The van der Waals surface area contributed by atoms with Crippen LogP contribution in [0.3, 0.4) is 0 Å². The van der Waals surface area contributed by atoms with Gasteiger partial charge in [-0.05, 0) is 30.5 Å². The van der Waals surface area contributed by atoms with E-state index in [4.69, 9.17) is 0 Å². The van der Waals surface area contributed by atoms with Crippen molar-refractivity contribution in [2.75, 3.05) is 24.5 Å². The molecule has 3 rings (SSSR count). The molecule has 5 heteroatoms. The summed E-state index contributed by atoms with van der Waals surface area (Å²) in [4.78, 5) is 15.3. The summed E-state index contributed by atoms with van der Waals surface area (Å²) in [6.45, 7) is 2.11. The van der Waals surface area contributed by atoms with Crippen LogP contribution in [-0.2, 0) is 11.3 Å². The second kappa shape index (κ2) is 8.12. The smallest absolute Gasteiger partial charge is 0.317 e. The molecular formula is C20H23FN2O2. The first-order chi connectivity index (χ1) is 12.1. The standard InChI is InChI=1S/C20H23FN2O2/c21-18-8-4-5-9-19(18)22-12-10-17(11-13-22)23(15-20(24)25)14-16-6-2-1-3-7-16/h1-9,17H,10-15H2,(H,24,25). The Morgan fingerprint density at radius 2 is 1.72 bits per heavy atom. The highest BCUT2D eigenvalue weighted by Gasteiger charge is 2.27. The summed E-state index contributed by atoms with van der Waals surface area (Å²) in [7, 11) is 0. The fourth-order valence-electron chi connectivity index (χ4n) is 3.49. The van der Waals surface area contributed by atoms with Gasteiger partial charge in [0, 0.05) is 25.7 Å². The Labute approximate surface area is 147 Å². The van der Waals surface area contributed by atoms with E-state index in [-0.39, 0.29) is 18.4 Å². The number of para-hydroxylation sites is 1. The van der Waals surface area contributed by atoms with Gasteiger partial charge in [-0.25, -0.2) is 4.39 Å². The maximum Gasteiger partial charge on any atom is 0.317 e. The van der Waals surface area contributed by atoms with E-state index in [9.17, 15) is 14.3 Å². The van der Waals surface area contributed by atoms with Crippen molar-refractivity contribution in [1.29, 1.82) is 0 Å².